The fourth-order valence-corrected chi connectivity index (χ4v) is 2.85. The van der Waals surface area contributed by atoms with E-state index in [0.717, 1.165) is 18.5 Å². The highest BCUT2D eigenvalue weighted by molar-refractivity contribution is 5.96. The Morgan fingerprint density at radius 2 is 2.21 bits per heavy atom. The quantitative estimate of drug-likeness (QED) is 0.846. The molecular weight excluding hydrogens is 240 g/mol. The number of aryl methyl sites for hydroxylation is 2. The summed E-state index contributed by atoms with van der Waals surface area (Å²) in [7, 11) is 0. The summed E-state index contributed by atoms with van der Waals surface area (Å²) < 4.78 is 5.32. The molecule has 1 aliphatic heterocycles. The van der Waals surface area contributed by atoms with Gasteiger partial charge >= 0.3 is 0 Å². The summed E-state index contributed by atoms with van der Waals surface area (Å²) in [5.74, 6) is -0.0459. The van der Waals surface area contributed by atoms with Crippen LogP contribution in [0.15, 0.2) is 18.2 Å². The summed E-state index contributed by atoms with van der Waals surface area (Å²) in [5, 5.41) is 2.99. The van der Waals surface area contributed by atoms with E-state index in [9.17, 15) is 4.79 Å². The molecule has 19 heavy (non-hydrogen) atoms. The standard InChI is InChI=1S/C15H20N2O2/c1-15(9-19-8-13(15)16)14(18)17-12-6-5-10-3-2-4-11(10)7-12/h5-7,13H,2-4,8-9,16H2,1H3,(H,17,18). The zero-order valence-corrected chi connectivity index (χ0v) is 11.2. The number of nitrogens with two attached hydrogens (primary N) is 1. The number of rotatable bonds is 2. The molecule has 1 aliphatic carbocycles. The van der Waals surface area contributed by atoms with Crippen molar-refractivity contribution in [1.29, 1.82) is 0 Å². The number of amides is 1. The number of hydrogen-bond acceptors (Lipinski definition) is 3. The van der Waals surface area contributed by atoms with E-state index in [2.05, 4.69) is 17.4 Å². The van der Waals surface area contributed by atoms with Crippen molar-refractivity contribution in [2.45, 2.75) is 32.2 Å². The second-order valence-electron chi connectivity index (χ2n) is 5.83. The minimum atomic E-state index is -0.626. The van der Waals surface area contributed by atoms with E-state index in [-0.39, 0.29) is 11.9 Å². The molecule has 1 aromatic carbocycles. The highest BCUT2D eigenvalue weighted by Crippen LogP contribution is 2.30. The van der Waals surface area contributed by atoms with Gasteiger partial charge in [0.05, 0.1) is 18.6 Å². The van der Waals surface area contributed by atoms with E-state index in [0.29, 0.717) is 13.2 Å². The van der Waals surface area contributed by atoms with Crippen molar-refractivity contribution in [1.82, 2.24) is 0 Å². The van der Waals surface area contributed by atoms with E-state index >= 15 is 0 Å². The van der Waals surface area contributed by atoms with Gasteiger partial charge in [0.2, 0.25) is 5.91 Å². The number of nitrogens with one attached hydrogen (secondary N) is 1. The van der Waals surface area contributed by atoms with Gasteiger partial charge in [0.25, 0.3) is 0 Å². The van der Waals surface area contributed by atoms with Crippen LogP contribution >= 0.6 is 0 Å². The van der Waals surface area contributed by atoms with Crippen LogP contribution in [0.5, 0.6) is 0 Å². The second-order valence-corrected chi connectivity index (χ2v) is 5.83. The van der Waals surface area contributed by atoms with Gasteiger partial charge in [-0.3, -0.25) is 4.79 Å². The molecule has 3 rings (SSSR count). The minimum Gasteiger partial charge on any atom is -0.379 e. The second kappa shape index (κ2) is 4.62. The molecule has 4 heteroatoms. The monoisotopic (exact) mass is 260 g/mol. The summed E-state index contributed by atoms with van der Waals surface area (Å²) in [6, 6.07) is 5.95. The van der Waals surface area contributed by atoms with Crippen LogP contribution in [-0.2, 0) is 22.4 Å². The molecule has 0 spiro atoms. The van der Waals surface area contributed by atoms with Gasteiger partial charge < -0.3 is 15.8 Å². The highest BCUT2D eigenvalue weighted by Gasteiger charge is 2.44. The summed E-state index contributed by atoms with van der Waals surface area (Å²) in [5.41, 5.74) is 8.98. The SMILES string of the molecule is CC1(C(=O)Nc2ccc3c(c2)CCC3)COCC1N. The Morgan fingerprint density at radius 3 is 2.95 bits per heavy atom. The third-order valence-corrected chi connectivity index (χ3v) is 4.39. The number of benzene rings is 1. The van der Waals surface area contributed by atoms with Crippen LogP contribution in [0, 0.1) is 5.41 Å². The number of carbonyl (C=O) groups excluding carboxylic acids is 1. The van der Waals surface area contributed by atoms with Gasteiger partial charge in [0.1, 0.15) is 0 Å². The topological polar surface area (TPSA) is 64.3 Å². The lowest BCUT2D eigenvalue weighted by Gasteiger charge is -2.25. The fraction of sp³-hybridized carbons (Fsp3) is 0.533. The van der Waals surface area contributed by atoms with E-state index in [4.69, 9.17) is 10.5 Å². The predicted molar refractivity (Wildman–Crippen MR) is 74.0 cm³/mol. The molecule has 0 aromatic heterocycles. The summed E-state index contributed by atoms with van der Waals surface area (Å²) in [6.45, 7) is 2.71. The van der Waals surface area contributed by atoms with E-state index in [1.54, 1.807) is 0 Å². The Morgan fingerprint density at radius 1 is 1.42 bits per heavy atom. The van der Waals surface area contributed by atoms with Gasteiger partial charge in [0, 0.05) is 11.7 Å². The van der Waals surface area contributed by atoms with Crippen LogP contribution in [0.3, 0.4) is 0 Å². The summed E-state index contributed by atoms with van der Waals surface area (Å²) in [4.78, 5) is 12.4. The van der Waals surface area contributed by atoms with Crippen molar-refractivity contribution in [2.24, 2.45) is 11.1 Å². The predicted octanol–water partition coefficient (Wildman–Crippen LogP) is 1.48. The Labute approximate surface area is 113 Å². The number of anilines is 1. The number of hydrogen-bond donors (Lipinski definition) is 2. The van der Waals surface area contributed by atoms with Gasteiger partial charge in [-0.15, -0.1) is 0 Å². The minimum absolute atomic E-state index is 0.0459. The molecule has 1 heterocycles. The maximum absolute atomic E-state index is 12.4. The molecule has 1 amide bonds. The summed E-state index contributed by atoms with van der Waals surface area (Å²) in [6.07, 6.45) is 3.47. The van der Waals surface area contributed by atoms with E-state index in [1.165, 1.54) is 17.5 Å². The molecule has 2 atom stereocenters. The molecule has 2 unspecified atom stereocenters. The van der Waals surface area contributed by atoms with Gasteiger partial charge in [-0.1, -0.05) is 6.07 Å². The lowest BCUT2D eigenvalue weighted by Crippen LogP contribution is -2.47. The normalized spacial score (nSPS) is 29.3. The Balaban J connectivity index is 1.76. The lowest BCUT2D eigenvalue weighted by atomic mass is 9.85. The van der Waals surface area contributed by atoms with Gasteiger partial charge in [-0.25, -0.2) is 0 Å². The fourth-order valence-electron chi connectivity index (χ4n) is 2.85. The van der Waals surface area contributed by atoms with Crippen molar-refractivity contribution in [3.05, 3.63) is 29.3 Å². The average Bonchev–Trinajstić information content (AvgIpc) is 2.97. The van der Waals surface area contributed by atoms with Crippen LogP contribution in [0.25, 0.3) is 0 Å². The Bertz CT molecular complexity index is 515. The number of ether oxygens (including phenoxy) is 1. The molecule has 4 nitrogen and oxygen atoms in total. The molecular formula is C15H20N2O2. The van der Waals surface area contributed by atoms with Crippen molar-refractivity contribution < 1.29 is 9.53 Å². The molecule has 1 saturated heterocycles. The maximum atomic E-state index is 12.4. The zero-order valence-electron chi connectivity index (χ0n) is 11.2. The van der Waals surface area contributed by atoms with Crippen molar-refractivity contribution in [2.75, 3.05) is 18.5 Å². The van der Waals surface area contributed by atoms with E-state index < -0.39 is 5.41 Å². The molecule has 2 aliphatic rings. The maximum Gasteiger partial charge on any atom is 0.234 e. The molecule has 1 fully saturated rings. The van der Waals surface area contributed by atoms with Crippen LogP contribution in [0.2, 0.25) is 0 Å². The van der Waals surface area contributed by atoms with Gasteiger partial charge in [0.15, 0.2) is 0 Å². The average molecular weight is 260 g/mol. The molecule has 0 bridgehead atoms. The highest BCUT2D eigenvalue weighted by atomic mass is 16.5. The molecule has 0 radical (unpaired) electrons. The van der Waals surface area contributed by atoms with E-state index in [1.807, 2.05) is 13.0 Å². The first-order valence-electron chi connectivity index (χ1n) is 6.86. The smallest absolute Gasteiger partial charge is 0.234 e. The zero-order chi connectivity index (χ0) is 13.5. The lowest BCUT2D eigenvalue weighted by molar-refractivity contribution is -0.125. The Kier molecular flexibility index (Phi) is 3.07. The molecule has 102 valence electrons. The third kappa shape index (κ3) is 2.15. The van der Waals surface area contributed by atoms with Crippen LogP contribution < -0.4 is 11.1 Å². The first kappa shape index (κ1) is 12.6. The Hall–Kier alpha value is -1.39. The molecule has 1 aromatic rings. The largest absolute Gasteiger partial charge is 0.379 e. The third-order valence-electron chi connectivity index (χ3n) is 4.39. The van der Waals surface area contributed by atoms with Crippen molar-refractivity contribution >= 4 is 11.6 Å². The summed E-state index contributed by atoms with van der Waals surface area (Å²) >= 11 is 0. The first-order chi connectivity index (χ1) is 9.09. The van der Waals surface area contributed by atoms with Gasteiger partial charge in [-0.05, 0) is 49.4 Å². The van der Waals surface area contributed by atoms with Crippen molar-refractivity contribution in [3.8, 4) is 0 Å². The molecule has 0 saturated carbocycles. The van der Waals surface area contributed by atoms with Crippen molar-refractivity contribution in [3.63, 3.8) is 0 Å². The first-order valence-corrected chi connectivity index (χ1v) is 6.86. The molecule has 3 N–H and O–H groups in total. The van der Waals surface area contributed by atoms with Gasteiger partial charge in [-0.2, -0.15) is 0 Å². The van der Waals surface area contributed by atoms with Crippen LogP contribution in [0.1, 0.15) is 24.5 Å². The number of fused-ring (bicyclic) bond motifs is 1. The van der Waals surface area contributed by atoms with Crippen LogP contribution in [0.4, 0.5) is 5.69 Å². The number of carbonyl (C=O) groups is 1. The van der Waals surface area contributed by atoms with Crippen LogP contribution in [-0.4, -0.2) is 25.2 Å².